The molecule has 0 spiro atoms. The second-order valence-corrected chi connectivity index (χ2v) is 13.9. The standard InChI is InChI=1S/C28H27F8NO5S/c29-18-3-5-19(6-4-18)43(41,42)25-10-9-22(37-23(39)16-12-24(40,13-16)14-38)21(25)7-1-15-11-17(2-8-20(15)25)26(30,27(31,32)33)28(34,35)36/h2-6,8,11,16,21-22,38,40H,1,7,9-10,12-14H2,(H,37,39)/t16?,21-,22+,24?,25?/m0/s1. The quantitative estimate of drug-likeness (QED) is 0.312. The summed E-state index contributed by atoms with van der Waals surface area (Å²) in [6.45, 7) is -0.552. The van der Waals surface area contributed by atoms with E-state index < -0.39 is 80.0 Å². The van der Waals surface area contributed by atoms with Crippen molar-refractivity contribution in [2.24, 2.45) is 11.8 Å². The number of aliphatic hydroxyl groups is 2. The minimum absolute atomic E-state index is 0.0270. The largest absolute Gasteiger partial charge is 0.435 e. The molecule has 0 radical (unpaired) electrons. The smallest absolute Gasteiger partial charge is 0.393 e. The average molecular weight is 642 g/mol. The summed E-state index contributed by atoms with van der Waals surface area (Å²) < 4.78 is 136. The first-order valence-corrected chi connectivity index (χ1v) is 14.9. The van der Waals surface area contributed by atoms with Crippen LogP contribution in [0.5, 0.6) is 0 Å². The Bertz CT molecular complexity index is 1510. The molecule has 6 nitrogen and oxygen atoms in total. The molecule has 1 amide bonds. The van der Waals surface area contributed by atoms with Gasteiger partial charge in [-0.15, -0.1) is 0 Å². The molecule has 0 bridgehead atoms. The number of carbonyl (C=O) groups excluding carboxylic acids is 1. The van der Waals surface area contributed by atoms with Gasteiger partial charge in [0.25, 0.3) is 0 Å². The van der Waals surface area contributed by atoms with Gasteiger partial charge >= 0.3 is 18.0 Å². The van der Waals surface area contributed by atoms with E-state index in [1.165, 1.54) is 0 Å². The molecule has 1 unspecified atom stereocenters. The number of fused-ring (bicyclic) bond motifs is 3. The highest BCUT2D eigenvalue weighted by atomic mass is 32.2. The summed E-state index contributed by atoms with van der Waals surface area (Å²) in [7, 11) is -4.53. The van der Waals surface area contributed by atoms with Gasteiger partial charge in [-0.2, -0.15) is 26.3 Å². The Hall–Kier alpha value is -2.78. The second kappa shape index (κ2) is 10.1. The maximum atomic E-state index is 14.9. The number of rotatable bonds is 6. The Morgan fingerprint density at radius 1 is 0.953 bits per heavy atom. The maximum Gasteiger partial charge on any atom is 0.435 e. The Morgan fingerprint density at radius 3 is 2.12 bits per heavy atom. The van der Waals surface area contributed by atoms with Gasteiger partial charge in [-0.3, -0.25) is 4.79 Å². The minimum Gasteiger partial charge on any atom is -0.393 e. The highest BCUT2D eigenvalue weighted by molar-refractivity contribution is 7.92. The fraction of sp³-hybridized carbons (Fsp3) is 0.536. The van der Waals surface area contributed by atoms with Crippen LogP contribution in [0.15, 0.2) is 47.4 Å². The van der Waals surface area contributed by atoms with Crippen LogP contribution >= 0.6 is 0 Å². The number of amides is 1. The molecule has 15 heteroatoms. The Kier molecular flexibility index (Phi) is 7.45. The molecule has 2 aromatic carbocycles. The first-order chi connectivity index (χ1) is 19.8. The molecular formula is C28H27F8NO5S. The van der Waals surface area contributed by atoms with Crippen LogP contribution in [-0.2, 0) is 31.5 Å². The molecule has 5 rings (SSSR count). The van der Waals surface area contributed by atoms with Gasteiger partial charge in [0.1, 0.15) is 10.6 Å². The van der Waals surface area contributed by atoms with Crippen LogP contribution in [0.25, 0.3) is 0 Å². The Labute approximate surface area is 241 Å². The first-order valence-electron chi connectivity index (χ1n) is 13.4. The van der Waals surface area contributed by atoms with Crippen molar-refractivity contribution in [2.45, 2.75) is 77.8 Å². The van der Waals surface area contributed by atoms with Crippen molar-refractivity contribution in [3.63, 3.8) is 0 Å². The predicted octanol–water partition coefficient (Wildman–Crippen LogP) is 4.76. The molecule has 3 atom stereocenters. The van der Waals surface area contributed by atoms with Gasteiger partial charge in [0.05, 0.1) is 17.1 Å². The molecule has 3 aliphatic carbocycles. The monoisotopic (exact) mass is 641 g/mol. The lowest BCUT2D eigenvalue weighted by atomic mass is 9.70. The van der Waals surface area contributed by atoms with Crippen LogP contribution in [0.1, 0.15) is 48.8 Å². The minimum atomic E-state index is -6.36. The Morgan fingerprint density at radius 2 is 1.56 bits per heavy atom. The molecule has 236 valence electrons. The van der Waals surface area contributed by atoms with Crippen LogP contribution in [0.2, 0.25) is 0 Å². The van der Waals surface area contributed by atoms with E-state index in [0.717, 1.165) is 30.3 Å². The number of sulfone groups is 1. The van der Waals surface area contributed by atoms with E-state index in [2.05, 4.69) is 5.32 Å². The SMILES string of the molecule is O=C(N[C@@H]1CCC2(S(=O)(=O)c3ccc(F)cc3)c3ccc(C(F)(C(F)(F)F)C(F)(F)F)cc3CC[C@@H]12)C1CC(O)(CO)C1. The molecule has 3 aliphatic rings. The van der Waals surface area contributed by atoms with Crippen molar-refractivity contribution in [2.75, 3.05) is 6.61 Å². The molecule has 0 saturated heterocycles. The third-order valence-corrected chi connectivity index (χ3v) is 11.8. The highest BCUT2D eigenvalue weighted by Crippen LogP contribution is 2.59. The van der Waals surface area contributed by atoms with Crippen molar-refractivity contribution in [3.05, 3.63) is 65.0 Å². The first kappa shape index (κ1) is 31.6. The van der Waals surface area contributed by atoms with E-state index in [-0.39, 0.29) is 54.5 Å². The normalized spacial score (nSPS) is 29.4. The van der Waals surface area contributed by atoms with Crippen LogP contribution in [0.3, 0.4) is 0 Å². The molecule has 3 N–H and O–H groups in total. The van der Waals surface area contributed by atoms with Crippen molar-refractivity contribution in [1.82, 2.24) is 5.32 Å². The van der Waals surface area contributed by atoms with Crippen LogP contribution in [0.4, 0.5) is 35.1 Å². The zero-order chi connectivity index (χ0) is 31.8. The number of benzene rings is 2. The molecule has 2 aromatic rings. The van der Waals surface area contributed by atoms with Gasteiger partial charge in [-0.05, 0) is 73.9 Å². The summed E-state index contributed by atoms with van der Waals surface area (Å²) in [5.41, 5.74) is -9.18. The lowest BCUT2D eigenvalue weighted by molar-refractivity contribution is -0.348. The van der Waals surface area contributed by atoms with Gasteiger partial charge in [-0.25, -0.2) is 17.2 Å². The summed E-state index contributed by atoms with van der Waals surface area (Å²) in [6, 6.07) is 4.46. The van der Waals surface area contributed by atoms with Crippen LogP contribution < -0.4 is 5.32 Å². The molecule has 0 aliphatic heterocycles. The molecular weight excluding hydrogens is 614 g/mol. The lowest BCUT2D eigenvalue weighted by Crippen LogP contribution is -2.55. The molecule has 43 heavy (non-hydrogen) atoms. The molecule has 0 heterocycles. The number of halogens is 8. The number of hydrogen-bond donors (Lipinski definition) is 3. The topological polar surface area (TPSA) is 104 Å². The van der Waals surface area contributed by atoms with Crippen molar-refractivity contribution in [3.8, 4) is 0 Å². The van der Waals surface area contributed by atoms with Gasteiger partial charge in [0.15, 0.2) is 9.84 Å². The zero-order valence-electron chi connectivity index (χ0n) is 22.3. The molecule has 0 aromatic heterocycles. The lowest BCUT2D eigenvalue weighted by Gasteiger charge is -2.44. The Balaban J connectivity index is 1.60. The van der Waals surface area contributed by atoms with Crippen LogP contribution in [-0.4, -0.2) is 55.1 Å². The van der Waals surface area contributed by atoms with Gasteiger partial charge in [-0.1, -0.05) is 18.2 Å². The summed E-state index contributed by atoms with van der Waals surface area (Å²) in [5.74, 6) is -2.82. The van der Waals surface area contributed by atoms with E-state index in [1.54, 1.807) is 0 Å². The summed E-state index contributed by atoms with van der Waals surface area (Å²) in [5, 5.41) is 22.1. The predicted molar refractivity (Wildman–Crippen MR) is 134 cm³/mol. The van der Waals surface area contributed by atoms with Gasteiger partial charge in [0, 0.05) is 23.4 Å². The number of aliphatic hydroxyl groups excluding tert-OH is 1. The van der Waals surface area contributed by atoms with E-state index >= 15 is 0 Å². The van der Waals surface area contributed by atoms with Crippen LogP contribution in [0, 0.1) is 17.7 Å². The fourth-order valence-electron chi connectivity index (χ4n) is 7.02. The fourth-order valence-corrected chi connectivity index (χ4v) is 9.50. The van der Waals surface area contributed by atoms with Gasteiger partial charge < -0.3 is 15.5 Å². The van der Waals surface area contributed by atoms with E-state index in [0.29, 0.717) is 12.1 Å². The molecule has 2 fully saturated rings. The number of aryl methyl sites for hydroxylation is 1. The average Bonchev–Trinajstić information content (AvgIpc) is 3.29. The number of carbonyl (C=O) groups is 1. The molecule has 2 saturated carbocycles. The zero-order valence-corrected chi connectivity index (χ0v) is 23.1. The van der Waals surface area contributed by atoms with E-state index in [4.69, 9.17) is 0 Å². The number of hydrogen-bond acceptors (Lipinski definition) is 5. The number of alkyl halides is 7. The summed E-state index contributed by atoms with van der Waals surface area (Å²) >= 11 is 0. The highest BCUT2D eigenvalue weighted by Gasteiger charge is 2.74. The van der Waals surface area contributed by atoms with E-state index in [1.807, 2.05) is 0 Å². The summed E-state index contributed by atoms with van der Waals surface area (Å²) in [4.78, 5) is 12.6. The van der Waals surface area contributed by atoms with E-state index in [9.17, 15) is 58.5 Å². The maximum absolute atomic E-state index is 14.9. The van der Waals surface area contributed by atoms with Crippen molar-refractivity contribution >= 4 is 15.7 Å². The number of nitrogens with one attached hydrogen (secondary N) is 1. The summed E-state index contributed by atoms with van der Waals surface area (Å²) in [6.07, 6.45) is -13.2. The second-order valence-electron chi connectivity index (χ2n) is 11.7. The third kappa shape index (κ3) is 4.73. The third-order valence-electron chi connectivity index (χ3n) is 9.23. The van der Waals surface area contributed by atoms with Gasteiger partial charge in [0.2, 0.25) is 5.91 Å². The van der Waals surface area contributed by atoms with Crippen molar-refractivity contribution < 1.29 is 58.5 Å². The van der Waals surface area contributed by atoms with Crippen molar-refractivity contribution in [1.29, 1.82) is 0 Å².